The highest BCUT2D eigenvalue weighted by atomic mass is 32.2. The van der Waals surface area contributed by atoms with Gasteiger partial charge in [0.1, 0.15) is 23.1 Å². The second-order valence-corrected chi connectivity index (χ2v) is 7.93. The third-order valence-electron chi connectivity index (χ3n) is 5.14. The van der Waals surface area contributed by atoms with E-state index in [0.29, 0.717) is 41.5 Å². The summed E-state index contributed by atoms with van der Waals surface area (Å²) >= 11 is 1.56. The van der Waals surface area contributed by atoms with Gasteiger partial charge >= 0.3 is 0 Å². The first-order valence-electron chi connectivity index (χ1n) is 9.35. The van der Waals surface area contributed by atoms with Crippen LogP contribution in [-0.4, -0.2) is 42.5 Å². The van der Waals surface area contributed by atoms with Crippen molar-refractivity contribution < 1.29 is 13.9 Å². The molecule has 1 aromatic carbocycles. The quantitative estimate of drug-likeness (QED) is 0.519. The SMILES string of the molecule is C=NC1(c2cc(NC(=O)c3ccc(C#N)cn3)ccc2F)COCCC1CSCN. The van der Waals surface area contributed by atoms with Crippen molar-refractivity contribution >= 4 is 30.1 Å². The molecule has 1 amide bonds. The number of nitriles is 1. The second kappa shape index (κ2) is 9.80. The van der Waals surface area contributed by atoms with Crippen molar-refractivity contribution in [3.8, 4) is 6.07 Å². The number of amides is 1. The average Bonchev–Trinajstić information content (AvgIpc) is 2.79. The molecule has 156 valence electrons. The number of hydrogen-bond donors (Lipinski definition) is 2. The van der Waals surface area contributed by atoms with Crippen LogP contribution in [0, 0.1) is 23.1 Å². The summed E-state index contributed by atoms with van der Waals surface area (Å²) in [4.78, 5) is 20.8. The van der Waals surface area contributed by atoms with Gasteiger partial charge in [-0.15, -0.1) is 11.8 Å². The van der Waals surface area contributed by atoms with Crippen LogP contribution in [0.2, 0.25) is 0 Å². The fraction of sp³-hybridized carbons (Fsp3) is 0.333. The number of pyridine rings is 1. The van der Waals surface area contributed by atoms with Crippen molar-refractivity contribution in [2.24, 2.45) is 16.6 Å². The fourth-order valence-electron chi connectivity index (χ4n) is 3.52. The number of nitrogens with zero attached hydrogens (tertiary/aromatic N) is 3. The lowest BCUT2D eigenvalue weighted by Crippen LogP contribution is -2.44. The number of thioether (sulfide) groups is 1. The number of hydrogen-bond acceptors (Lipinski definition) is 7. The third kappa shape index (κ3) is 4.51. The van der Waals surface area contributed by atoms with Crippen molar-refractivity contribution in [1.82, 2.24) is 4.98 Å². The molecule has 0 spiro atoms. The van der Waals surface area contributed by atoms with Crippen LogP contribution < -0.4 is 11.1 Å². The molecule has 0 aliphatic carbocycles. The monoisotopic (exact) mass is 427 g/mol. The Hall–Kier alpha value is -2.80. The lowest BCUT2D eigenvalue weighted by atomic mass is 9.76. The molecule has 1 fully saturated rings. The summed E-state index contributed by atoms with van der Waals surface area (Å²) in [5.41, 5.74) is 5.91. The van der Waals surface area contributed by atoms with Gasteiger partial charge in [-0.05, 0) is 43.5 Å². The minimum absolute atomic E-state index is 0.00190. The van der Waals surface area contributed by atoms with Crippen molar-refractivity contribution in [3.63, 3.8) is 0 Å². The first-order chi connectivity index (χ1) is 14.5. The number of anilines is 1. The number of carbonyl (C=O) groups excluding carboxylic acids is 1. The van der Waals surface area contributed by atoms with Crippen LogP contribution in [0.1, 0.15) is 28.0 Å². The van der Waals surface area contributed by atoms with Crippen LogP contribution in [0.15, 0.2) is 41.5 Å². The summed E-state index contributed by atoms with van der Waals surface area (Å²) in [6.45, 7) is 4.50. The van der Waals surface area contributed by atoms with Crippen LogP contribution in [-0.2, 0) is 10.3 Å². The van der Waals surface area contributed by atoms with Gasteiger partial charge in [0.15, 0.2) is 0 Å². The minimum Gasteiger partial charge on any atom is -0.379 e. The van der Waals surface area contributed by atoms with E-state index >= 15 is 0 Å². The van der Waals surface area contributed by atoms with Crippen LogP contribution in [0.25, 0.3) is 0 Å². The summed E-state index contributed by atoms with van der Waals surface area (Å²) in [7, 11) is 0. The van der Waals surface area contributed by atoms with E-state index in [1.807, 2.05) is 6.07 Å². The molecule has 3 N–H and O–H groups in total. The van der Waals surface area contributed by atoms with Crippen molar-refractivity contribution in [2.45, 2.75) is 12.0 Å². The zero-order valence-electron chi connectivity index (χ0n) is 16.3. The number of ether oxygens (including phenoxy) is 1. The summed E-state index contributed by atoms with van der Waals surface area (Å²) in [6, 6.07) is 9.26. The molecule has 3 rings (SSSR count). The zero-order chi connectivity index (χ0) is 21.6. The van der Waals surface area contributed by atoms with Crippen molar-refractivity contribution in [2.75, 3.05) is 30.2 Å². The highest BCUT2D eigenvalue weighted by Gasteiger charge is 2.44. The van der Waals surface area contributed by atoms with Crippen LogP contribution in [0.4, 0.5) is 10.1 Å². The van der Waals surface area contributed by atoms with E-state index < -0.39 is 17.3 Å². The maximum atomic E-state index is 14.9. The Labute approximate surface area is 178 Å². The first kappa shape index (κ1) is 21.9. The highest BCUT2D eigenvalue weighted by molar-refractivity contribution is 7.99. The Balaban J connectivity index is 1.90. The maximum absolute atomic E-state index is 14.9. The molecule has 1 saturated heterocycles. The number of nitrogens with one attached hydrogen (secondary N) is 1. The standard InChI is InChI=1S/C21H22FN5O2S/c1-25-21(12-29-7-6-15(21)11-30-13-24)17-8-16(3-4-18(17)22)27-20(28)19-5-2-14(9-23)10-26-19/h2-5,8,10,15H,1,6-7,11-13,24H2,(H,27,28). The van der Waals surface area contributed by atoms with E-state index in [4.69, 9.17) is 15.7 Å². The number of benzene rings is 1. The molecule has 2 heterocycles. The Morgan fingerprint density at radius 3 is 3.00 bits per heavy atom. The summed E-state index contributed by atoms with van der Waals surface area (Å²) < 4.78 is 20.5. The molecule has 1 aromatic heterocycles. The van der Waals surface area contributed by atoms with Gasteiger partial charge in [-0.3, -0.25) is 9.79 Å². The van der Waals surface area contributed by atoms with Gasteiger partial charge in [-0.1, -0.05) is 0 Å². The zero-order valence-corrected chi connectivity index (χ0v) is 17.1. The van der Waals surface area contributed by atoms with Crippen molar-refractivity contribution in [3.05, 3.63) is 59.2 Å². The second-order valence-electron chi connectivity index (χ2n) is 6.85. The number of aromatic nitrogens is 1. The molecule has 1 aliphatic rings. The molecular weight excluding hydrogens is 405 g/mol. The molecule has 0 saturated carbocycles. The van der Waals surface area contributed by atoms with Gasteiger partial charge in [0.25, 0.3) is 5.91 Å². The molecule has 0 radical (unpaired) electrons. The van der Waals surface area contributed by atoms with E-state index in [1.54, 1.807) is 17.8 Å². The summed E-state index contributed by atoms with van der Waals surface area (Å²) in [6.07, 6.45) is 2.03. The first-order valence-corrected chi connectivity index (χ1v) is 10.5. The van der Waals surface area contributed by atoms with E-state index in [-0.39, 0.29) is 18.2 Å². The number of rotatable bonds is 7. The minimum atomic E-state index is -0.960. The van der Waals surface area contributed by atoms with E-state index in [0.717, 1.165) is 0 Å². The Kier molecular flexibility index (Phi) is 7.15. The molecule has 7 nitrogen and oxygen atoms in total. The van der Waals surface area contributed by atoms with Gasteiger partial charge in [0.2, 0.25) is 0 Å². The topological polar surface area (TPSA) is 113 Å². The van der Waals surface area contributed by atoms with Crippen LogP contribution in [0.3, 0.4) is 0 Å². The lowest BCUT2D eigenvalue weighted by molar-refractivity contribution is 0.00411. The Morgan fingerprint density at radius 2 is 2.33 bits per heavy atom. The molecule has 2 unspecified atom stereocenters. The number of nitrogens with two attached hydrogens (primary N) is 1. The van der Waals surface area contributed by atoms with Crippen LogP contribution in [0.5, 0.6) is 0 Å². The molecule has 1 aliphatic heterocycles. The summed E-state index contributed by atoms with van der Waals surface area (Å²) in [5, 5.41) is 11.6. The van der Waals surface area contributed by atoms with Crippen LogP contribution >= 0.6 is 11.8 Å². The molecule has 0 bridgehead atoms. The van der Waals surface area contributed by atoms with Gasteiger partial charge < -0.3 is 15.8 Å². The van der Waals surface area contributed by atoms with Gasteiger partial charge in [0, 0.05) is 41.6 Å². The van der Waals surface area contributed by atoms with E-state index in [9.17, 15) is 9.18 Å². The normalized spacial score (nSPS) is 20.9. The molecule has 9 heteroatoms. The number of halogens is 1. The van der Waals surface area contributed by atoms with E-state index in [2.05, 4.69) is 22.0 Å². The number of carbonyl (C=O) groups is 1. The molecule has 30 heavy (non-hydrogen) atoms. The largest absolute Gasteiger partial charge is 0.379 e. The number of aliphatic imine (C=N–C) groups is 1. The lowest BCUT2D eigenvalue weighted by Gasteiger charge is -2.41. The Bertz CT molecular complexity index is 963. The molecule has 2 atom stereocenters. The van der Waals surface area contributed by atoms with Gasteiger partial charge in [0.05, 0.1) is 12.2 Å². The maximum Gasteiger partial charge on any atom is 0.274 e. The van der Waals surface area contributed by atoms with Gasteiger partial charge in [-0.2, -0.15) is 5.26 Å². The van der Waals surface area contributed by atoms with E-state index in [1.165, 1.54) is 30.5 Å². The third-order valence-corrected chi connectivity index (χ3v) is 6.02. The molecular formula is C21H22FN5O2S. The highest BCUT2D eigenvalue weighted by Crippen LogP contribution is 2.42. The fourth-order valence-corrected chi connectivity index (χ4v) is 4.39. The van der Waals surface area contributed by atoms with Gasteiger partial charge in [-0.25, -0.2) is 9.37 Å². The molecule has 2 aromatic rings. The van der Waals surface area contributed by atoms with Crippen molar-refractivity contribution in [1.29, 1.82) is 5.26 Å². The smallest absolute Gasteiger partial charge is 0.274 e. The predicted molar refractivity (Wildman–Crippen MR) is 115 cm³/mol. The average molecular weight is 428 g/mol. The Morgan fingerprint density at radius 1 is 1.50 bits per heavy atom. The summed E-state index contributed by atoms with van der Waals surface area (Å²) in [5.74, 6) is 0.251. The predicted octanol–water partition coefficient (Wildman–Crippen LogP) is 2.93.